The molecule has 0 amide bonds. The van der Waals surface area contributed by atoms with Gasteiger partial charge in [-0.2, -0.15) is 0 Å². The lowest BCUT2D eigenvalue weighted by atomic mass is 9.84. The number of nitrogens with two attached hydrogens (primary N) is 1. The van der Waals surface area contributed by atoms with Gasteiger partial charge in [0, 0.05) is 5.54 Å². The van der Waals surface area contributed by atoms with E-state index in [2.05, 4.69) is 32.9 Å². The average Bonchev–Trinajstić information content (AvgIpc) is 2.60. The third-order valence-corrected chi connectivity index (χ3v) is 3.87. The Morgan fingerprint density at radius 1 is 0.933 bits per heavy atom. The van der Waals surface area contributed by atoms with Crippen molar-refractivity contribution in [1.82, 2.24) is 0 Å². The molecule has 1 aromatic rings. The van der Waals surface area contributed by atoms with Crippen molar-refractivity contribution >= 4 is 0 Å². The van der Waals surface area contributed by atoms with E-state index in [9.17, 15) is 0 Å². The maximum Gasteiger partial charge on any atom is 0.0412 e. The third kappa shape index (κ3) is 1.81. The summed E-state index contributed by atoms with van der Waals surface area (Å²) in [7, 11) is 0. The van der Waals surface area contributed by atoms with Crippen LogP contribution in [0, 0.1) is 20.8 Å². The van der Waals surface area contributed by atoms with Crippen LogP contribution in [0.25, 0.3) is 0 Å². The van der Waals surface area contributed by atoms with E-state index in [1.165, 1.54) is 35.1 Å². The van der Waals surface area contributed by atoms with Crippen LogP contribution in [0.1, 0.15) is 47.9 Å². The summed E-state index contributed by atoms with van der Waals surface area (Å²) in [6.45, 7) is 6.54. The van der Waals surface area contributed by atoms with Crippen molar-refractivity contribution in [3.8, 4) is 0 Å². The second kappa shape index (κ2) is 3.64. The molecular weight excluding hydrogens is 182 g/mol. The fraction of sp³-hybridized carbons (Fsp3) is 0.571. The summed E-state index contributed by atoms with van der Waals surface area (Å²) in [4.78, 5) is 0. The third-order valence-electron chi connectivity index (χ3n) is 3.87. The molecule has 1 aliphatic rings. The highest BCUT2D eigenvalue weighted by atomic mass is 14.8. The monoisotopic (exact) mass is 203 g/mol. The van der Waals surface area contributed by atoms with Crippen LogP contribution >= 0.6 is 0 Å². The zero-order valence-electron chi connectivity index (χ0n) is 10.1. The Kier molecular flexibility index (Phi) is 2.59. The van der Waals surface area contributed by atoms with Crippen LogP contribution in [-0.4, -0.2) is 0 Å². The molecule has 82 valence electrons. The van der Waals surface area contributed by atoms with Crippen LogP contribution in [0.3, 0.4) is 0 Å². The molecule has 0 spiro atoms. The van der Waals surface area contributed by atoms with Gasteiger partial charge < -0.3 is 5.73 Å². The molecule has 1 aliphatic carbocycles. The van der Waals surface area contributed by atoms with Gasteiger partial charge in [-0.3, -0.25) is 0 Å². The Balaban J connectivity index is 2.48. The lowest BCUT2D eigenvalue weighted by molar-refractivity contribution is 0.459. The minimum absolute atomic E-state index is 0.0391. The van der Waals surface area contributed by atoms with E-state index >= 15 is 0 Å². The summed E-state index contributed by atoms with van der Waals surface area (Å²) in [5, 5.41) is 0. The molecule has 15 heavy (non-hydrogen) atoms. The van der Waals surface area contributed by atoms with Crippen LogP contribution in [0.15, 0.2) is 12.1 Å². The minimum atomic E-state index is -0.0391. The topological polar surface area (TPSA) is 26.0 Å². The number of aryl methyl sites for hydroxylation is 3. The van der Waals surface area contributed by atoms with Crippen LogP contribution in [0.4, 0.5) is 0 Å². The van der Waals surface area contributed by atoms with Gasteiger partial charge in [0.2, 0.25) is 0 Å². The van der Waals surface area contributed by atoms with Gasteiger partial charge in [-0.05, 0) is 55.9 Å². The second-order valence-corrected chi connectivity index (χ2v) is 5.11. The molecule has 2 N–H and O–H groups in total. The van der Waals surface area contributed by atoms with Gasteiger partial charge in [0.1, 0.15) is 0 Å². The van der Waals surface area contributed by atoms with Crippen molar-refractivity contribution in [3.63, 3.8) is 0 Å². The van der Waals surface area contributed by atoms with Crippen molar-refractivity contribution in [2.24, 2.45) is 5.73 Å². The summed E-state index contributed by atoms with van der Waals surface area (Å²) in [5.41, 5.74) is 11.9. The first-order valence-electron chi connectivity index (χ1n) is 5.90. The summed E-state index contributed by atoms with van der Waals surface area (Å²) in [5.74, 6) is 0. The van der Waals surface area contributed by atoms with Crippen molar-refractivity contribution in [2.45, 2.75) is 52.0 Å². The Morgan fingerprint density at radius 3 is 2.07 bits per heavy atom. The highest BCUT2D eigenvalue weighted by Gasteiger charge is 2.32. The molecule has 0 radical (unpaired) electrons. The van der Waals surface area contributed by atoms with Crippen molar-refractivity contribution < 1.29 is 0 Å². The Morgan fingerprint density at radius 2 is 1.47 bits per heavy atom. The quantitative estimate of drug-likeness (QED) is 0.744. The van der Waals surface area contributed by atoms with E-state index in [1.807, 2.05) is 0 Å². The van der Waals surface area contributed by atoms with Gasteiger partial charge in [-0.1, -0.05) is 25.0 Å². The molecule has 0 saturated heterocycles. The Labute approximate surface area is 92.7 Å². The molecule has 1 heteroatoms. The highest BCUT2D eigenvalue weighted by molar-refractivity contribution is 5.40. The molecule has 0 aliphatic heterocycles. The van der Waals surface area contributed by atoms with Gasteiger partial charge in [-0.25, -0.2) is 0 Å². The van der Waals surface area contributed by atoms with Crippen LogP contribution in [0.5, 0.6) is 0 Å². The van der Waals surface area contributed by atoms with Crippen LogP contribution < -0.4 is 5.73 Å². The molecule has 1 saturated carbocycles. The maximum atomic E-state index is 6.50. The molecule has 1 aromatic carbocycles. The molecule has 0 unspecified atom stereocenters. The van der Waals surface area contributed by atoms with Gasteiger partial charge in [-0.15, -0.1) is 0 Å². The Hall–Kier alpha value is -0.820. The summed E-state index contributed by atoms with van der Waals surface area (Å²) in [6, 6.07) is 4.58. The first kappa shape index (κ1) is 10.7. The summed E-state index contributed by atoms with van der Waals surface area (Å²) < 4.78 is 0. The zero-order chi connectivity index (χ0) is 11.1. The smallest absolute Gasteiger partial charge is 0.0412 e. The Bertz CT molecular complexity index is 373. The number of hydrogen-bond donors (Lipinski definition) is 1. The molecule has 0 atom stereocenters. The molecule has 0 aromatic heterocycles. The van der Waals surface area contributed by atoms with E-state index < -0.39 is 0 Å². The van der Waals surface area contributed by atoms with E-state index in [0.717, 1.165) is 12.8 Å². The van der Waals surface area contributed by atoms with E-state index in [4.69, 9.17) is 5.73 Å². The van der Waals surface area contributed by atoms with Gasteiger partial charge in [0.05, 0.1) is 0 Å². The number of benzene rings is 1. The van der Waals surface area contributed by atoms with Crippen molar-refractivity contribution in [3.05, 3.63) is 34.4 Å². The standard InChI is InChI=1S/C14H21N/c1-10-8-12(3)13(9-11(10)2)14(15)6-4-5-7-14/h8-9H,4-7,15H2,1-3H3. The first-order chi connectivity index (χ1) is 7.03. The summed E-state index contributed by atoms with van der Waals surface area (Å²) >= 11 is 0. The maximum absolute atomic E-state index is 6.50. The largest absolute Gasteiger partial charge is 0.321 e. The SMILES string of the molecule is Cc1cc(C)c(C2(N)CCCC2)cc1C. The highest BCUT2D eigenvalue weighted by Crippen LogP contribution is 2.38. The fourth-order valence-electron chi connectivity index (χ4n) is 2.77. The first-order valence-corrected chi connectivity index (χ1v) is 5.90. The predicted octanol–water partition coefficient (Wildman–Crippen LogP) is 3.34. The lowest BCUT2D eigenvalue weighted by Crippen LogP contribution is -2.34. The van der Waals surface area contributed by atoms with E-state index in [-0.39, 0.29) is 5.54 Å². The van der Waals surface area contributed by atoms with E-state index in [0.29, 0.717) is 0 Å². The molecular formula is C14H21N. The van der Waals surface area contributed by atoms with Crippen LogP contribution in [0.2, 0.25) is 0 Å². The van der Waals surface area contributed by atoms with Crippen molar-refractivity contribution in [2.75, 3.05) is 0 Å². The number of hydrogen-bond acceptors (Lipinski definition) is 1. The lowest BCUT2D eigenvalue weighted by Gasteiger charge is -2.27. The molecule has 0 bridgehead atoms. The second-order valence-electron chi connectivity index (χ2n) is 5.11. The van der Waals surface area contributed by atoms with Gasteiger partial charge >= 0.3 is 0 Å². The normalized spacial score (nSPS) is 19.5. The molecule has 0 heterocycles. The minimum Gasteiger partial charge on any atom is -0.321 e. The van der Waals surface area contributed by atoms with Crippen LogP contribution in [-0.2, 0) is 5.54 Å². The van der Waals surface area contributed by atoms with Crippen molar-refractivity contribution in [1.29, 1.82) is 0 Å². The fourth-order valence-corrected chi connectivity index (χ4v) is 2.77. The summed E-state index contributed by atoms with van der Waals surface area (Å²) in [6.07, 6.45) is 4.86. The number of rotatable bonds is 1. The molecule has 1 nitrogen and oxygen atoms in total. The van der Waals surface area contributed by atoms with E-state index in [1.54, 1.807) is 0 Å². The van der Waals surface area contributed by atoms with Gasteiger partial charge in [0.15, 0.2) is 0 Å². The predicted molar refractivity (Wildman–Crippen MR) is 65.0 cm³/mol. The molecule has 1 fully saturated rings. The zero-order valence-corrected chi connectivity index (χ0v) is 10.1. The van der Waals surface area contributed by atoms with Gasteiger partial charge in [0.25, 0.3) is 0 Å². The molecule has 2 rings (SSSR count). The average molecular weight is 203 g/mol.